The zero-order valence-electron chi connectivity index (χ0n) is 11.8. The zero-order chi connectivity index (χ0) is 15.5. The summed E-state index contributed by atoms with van der Waals surface area (Å²) < 4.78 is 0. The van der Waals surface area contributed by atoms with Crippen molar-refractivity contribution in [2.24, 2.45) is 0 Å². The summed E-state index contributed by atoms with van der Waals surface area (Å²) in [5, 5.41) is 3.02. The van der Waals surface area contributed by atoms with E-state index >= 15 is 0 Å². The second kappa shape index (κ2) is 6.16. The molecule has 3 rings (SSSR count). The highest BCUT2D eigenvalue weighted by atomic mass is 35.5. The van der Waals surface area contributed by atoms with Crippen molar-refractivity contribution < 1.29 is 9.59 Å². The maximum absolute atomic E-state index is 12.9. The second-order valence-electron chi connectivity index (χ2n) is 4.94. The van der Waals surface area contributed by atoms with E-state index < -0.39 is 0 Å². The molecule has 0 atom stereocenters. The number of carbonyl (C=O) groups excluding carboxylic acids is 2. The number of rotatable bonds is 4. The Morgan fingerprint density at radius 2 is 1.41 bits per heavy atom. The Labute approximate surface area is 133 Å². The molecule has 0 bridgehead atoms. The molecule has 0 aliphatic heterocycles. The maximum atomic E-state index is 12.9. The Morgan fingerprint density at radius 3 is 2.05 bits per heavy atom. The smallest absolute Gasteiger partial charge is 0.210 e. The fourth-order valence-electron chi connectivity index (χ4n) is 2.60. The predicted octanol–water partition coefficient (Wildman–Crippen LogP) is 3.31. The lowest BCUT2D eigenvalue weighted by atomic mass is 9.84. The molecule has 3 nitrogen and oxygen atoms in total. The summed E-state index contributed by atoms with van der Waals surface area (Å²) in [7, 11) is 0. The Hall–Kier alpha value is -2.39. The first-order valence-corrected chi connectivity index (χ1v) is 7.55. The van der Waals surface area contributed by atoms with Gasteiger partial charge in [-0.25, -0.2) is 0 Å². The first-order valence-electron chi connectivity index (χ1n) is 7.02. The molecule has 0 amide bonds. The van der Waals surface area contributed by atoms with Crippen LogP contribution in [0.15, 0.2) is 60.3 Å². The third-order valence-corrected chi connectivity index (χ3v) is 3.77. The fourth-order valence-corrected chi connectivity index (χ4v) is 2.69. The third kappa shape index (κ3) is 2.44. The number of Topliss-reactive ketones (excluding diaryl/α,β-unsaturated/α-hetero) is 2. The van der Waals surface area contributed by atoms with E-state index in [2.05, 4.69) is 5.32 Å². The molecule has 4 heteroatoms. The summed E-state index contributed by atoms with van der Waals surface area (Å²) in [6.45, 7) is 0.425. The molecule has 0 fully saturated rings. The van der Waals surface area contributed by atoms with Gasteiger partial charge in [-0.05, 0) is 5.56 Å². The molecule has 1 aliphatic carbocycles. The summed E-state index contributed by atoms with van der Waals surface area (Å²) in [6, 6.07) is 16.1. The topological polar surface area (TPSA) is 46.2 Å². The Morgan fingerprint density at radius 1 is 0.818 bits per heavy atom. The van der Waals surface area contributed by atoms with Crippen LogP contribution < -0.4 is 5.32 Å². The third-order valence-electron chi connectivity index (χ3n) is 3.58. The van der Waals surface area contributed by atoms with Crippen molar-refractivity contribution in [2.75, 3.05) is 12.4 Å². The largest absolute Gasteiger partial charge is 0.380 e. The standard InChI is InChI=1S/C18H14ClNO2/c19-10-11-20-16-15(12-6-2-1-3-7-12)17(21)13-8-4-5-9-14(13)18(16)22/h1-9,20H,10-11H2. The number of carbonyl (C=O) groups is 2. The highest BCUT2D eigenvalue weighted by Crippen LogP contribution is 2.31. The van der Waals surface area contributed by atoms with Crippen molar-refractivity contribution >= 4 is 28.7 Å². The lowest BCUT2D eigenvalue weighted by molar-refractivity contribution is 0.0986. The normalized spacial score (nSPS) is 14.0. The maximum Gasteiger partial charge on any atom is 0.210 e. The van der Waals surface area contributed by atoms with E-state index in [0.717, 1.165) is 5.56 Å². The van der Waals surface area contributed by atoms with E-state index in [9.17, 15) is 9.59 Å². The molecule has 2 aromatic carbocycles. The summed E-state index contributed by atoms with van der Waals surface area (Å²) in [6.07, 6.45) is 0. The van der Waals surface area contributed by atoms with Gasteiger partial charge in [0.05, 0.1) is 11.3 Å². The summed E-state index contributed by atoms with van der Waals surface area (Å²) in [4.78, 5) is 25.6. The van der Waals surface area contributed by atoms with Crippen molar-refractivity contribution in [2.45, 2.75) is 0 Å². The molecule has 0 spiro atoms. The van der Waals surface area contributed by atoms with E-state index in [0.29, 0.717) is 34.8 Å². The average Bonchev–Trinajstić information content (AvgIpc) is 2.57. The molecule has 110 valence electrons. The van der Waals surface area contributed by atoms with Gasteiger partial charge in [0.2, 0.25) is 5.78 Å². The minimum atomic E-state index is -0.167. The number of benzene rings is 2. The van der Waals surface area contributed by atoms with Crippen LogP contribution in [0.3, 0.4) is 0 Å². The van der Waals surface area contributed by atoms with Crippen LogP contribution in [0.2, 0.25) is 0 Å². The number of nitrogens with one attached hydrogen (secondary N) is 1. The predicted molar refractivity (Wildman–Crippen MR) is 87.2 cm³/mol. The molecule has 0 heterocycles. The van der Waals surface area contributed by atoms with E-state index in [4.69, 9.17) is 11.6 Å². The SMILES string of the molecule is O=C1C(NCCCl)=C(c2ccccc2)C(=O)c2ccccc21. The van der Waals surface area contributed by atoms with Crippen LogP contribution in [0.4, 0.5) is 0 Å². The molecule has 0 unspecified atom stereocenters. The Bertz CT molecular complexity index is 766. The van der Waals surface area contributed by atoms with E-state index in [1.54, 1.807) is 24.3 Å². The highest BCUT2D eigenvalue weighted by molar-refractivity contribution is 6.40. The Balaban J connectivity index is 2.20. The van der Waals surface area contributed by atoms with E-state index in [1.807, 2.05) is 30.3 Å². The lowest BCUT2D eigenvalue weighted by Gasteiger charge is -2.22. The molecule has 1 aliphatic rings. The van der Waals surface area contributed by atoms with Gasteiger partial charge in [-0.15, -0.1) is 11.6 Å². The number of fused-ring (bicyclic) bond motifs is 1. The summed E-state index contributed by atoms with van der Waals surface area (Å²) in [5.74, 6) is 0.0481. The molecule has 1 N–H and O–H groups in total. The fraction of sp³-hybridized carbons (Fsp3) is 0.111. The molecule has 0 aromatic heterocycles. The van der Waals surface area contributed by atoms with Crippen LogP contribution >= 0.6 is 11.6 Å². The zero-order valence-corrected chi connectivity index (χ0v) is 12.6. The number of ketones is 2. The van der Waals surface area contributed by atoms with Crippen molar-refractivity contribution in [3.05, 3.63) is 77.0 Å². The van der Waals surface area contributed by atoms with E-state index in [1.165, 1.54) is 0 Å². The average molecular weight is 312 g/mol. The molecule has 22 heavy (non-hydrogen) atoms. The lowest BCUT2D eigenvalue weighted by Crippen LogP contribution is -2.30. The van der Waals surface area contributed by atoms with Crippen LogP contribution in [-0.4, -0.2) is 24.0 Å². The van der Waals surface area contributed by atoms with Crippen molar-refractivity contribution in [1.82, 2.24) is 5.32 Å². The molecule has 2 aromatic rings. The van der Waals surface area contributed by atoms with Crippen LogP contribution in [0.25, 0.3) is 5.57 Å². The van der Waals surface area contributed by atoms with Crippen molar-refractivity contribution in [3.8, 4) is 0 Å². The Kier molecular flexibility index (Phi) is 4.07. The van der Waals surface area contributed by atoms with Gasteiger partial charge in [0.1, 0.15) is 0 Å². The second-order valence-corrected chi connectivity index (χ2v) is 5.31. The summed E-state index contributed by atoms with van der Waals surface area (Å²) >= 11 is 5.72. The van der Waals surface area contributed by atoms with Crippen LogP contribution in [-0.2, 0) is 0 Å². The summed E-state index contributed by atoms with van der Waals surface area (Å²) in [5.41, 5.74) is 2.35. The number of alkyl halides is 1. The van der Waals surface area contributed by atoms with Gasteiger partial charge < -0.3 is 5.32 Å². The van der Waals surface area contributed by atoms with Crippen molar-refractivity contribution in [3.63, 3.8) is 0 Å². The molecule has 0 radical (unpaired) electrons. The highest BCUT2D eigenvalue weighted by Gasteiger charge is 2.32. The monoisotopic (exact) mass is 311 g/mol. The van der Waals surface area contributed by atoms with Gasteiger partial charge in [-0.1, -0.05) is 54.6 Å². The minimum Gasteiger partial charge on any atom is -0.380 e. The van der Waals surface area contributed by atoms with Gasteiger partial charge in [0.15, 0.2) is 5.78 Å². The van der Waals surface area contributed by atoms with Crippen LogP contribution in [0.1, 0.15) is 26.3 Å². The quantitative estimate of drug-likeness (QED) is 0.881. The first-order chi connectivity index (χ1) is 10.7. The van der Waals surface area contributed by atoms with Gasteiger partial charge in [0, 0.05) is 23.6 Å². The van der Waals surface area contributed by atoms with Crippen molar-refractivity contribution in [1.29, 1.82) is 0 Å². The number of hydrogen-bond acceptors (Lipinski definition) is 3. The van der Waals surface area contributed by atoms with Gasteiger partial charge in [-0.3, -0.25) is 9.59 Å². The number of hydrogen-bond donors (Lipinski definition) is 1. The minimum absolute atomic E-state index is 0.140. The number of halogens is 1. The molecule has 0 saturated heterocycles. The van der Waals surface area contributed by atoms with Gasteiger partial charge in [0.25, 0.3) is 0 Å². The molecular weight excluding hydrogens is 298 g/mol. The first kappa shape index (κ1) is 14.5. The number of allylic oxidation sites excluding steroid dienone is 2. The van der Waals surface area contributed by atoms with Gasteiger partial charge >= 0.3 is 0 Å². The van der Waals surface area contributed by atoms with Crippen LogP contribution in [0, 0.1) is 0 Å². The molecule has 0 saturated carbocycles. The molecular formula is C18H14ClNO2. The van der Waals surface area contributed by atoms with Crippen LogP contribution in [0.5, 0.6) is 0 Å². The van der Waals surface area contributed by atoms with Gasteiger partial charge in [-0.2, -0.15) is 0 Å². The van der Waals surface area contributed by atoms with E-state index in [-0.39, 0.29) is 11.6 Å².